The van der Waals surface area contributed by atoms with Crippen LogP contribution in [0.25, 0.3) is 0 Å². The quantitative estimate of drug-likeness (QED) is 0.727. The van der Waals surface area contributed by atoms with Crippen LogP contribution >= 0.6 is 0 Å². The van der Waals surface area contributed by atoms with Crippen molar-refractivity contribution in [3.63, 3.8) is 0 Å². The van der Waals surface area contributed by atoms with Crippen LogP contribution in [0.2, 0.25) is 0 Å². The van der Waals surface area contributed by atoms with Crippen molar-refractivity contribution in [2.75, 3.05) is 18.0 Å². The largest absolute Gasteiger partial charge is 0.349 e. The summed E-state index contributed by atoms with van der Waals surface area (Å²) in [6.07, 6.45) is 3.78. The number of nitrogens with one attached hydrogen (secondary N) is 1. The average molecular weight is 259 g/mol. The molecule has 3 heteroatoms. The van der Waals surface area contributed by atoms with E-state index in [1.165, 1.54) is 5.56 Å². The van der Waals surface area contributed by atoms with Crippen molar-refractivity contribution in [1.82, 2.24) is 10.3 Å². The zero-order valence-electron chi connectivity index (χ0n) is 12.3. The molecule has 0 spiro atoms. The molecule has 1 rings (SSSR count). The van der Waals surface area contributed by atoms with Crippen LogP contribution in [0.3, 0.4) is 0 Å². The van der Waals surface area contributed by atoms with Crippen LogP contribution < -0.4 is 10.2 Å². The molecule has 0 bridgehead atoms. The summed E-state index contributed by atoms with van der Waals surface area (Å²) in [4.78, 5) is 6.76. The lowest BCUT2D eigenvalue weighted by molar-refractivity contribution is 0.588. The van der Waals surface area contributed by atoms with Gasteiger partial charge in [-0.05, 0) is 24.6 Å². The molecule has 1 heterocycles. The fourth-order valence-electron chi connectivity index (χ4n) is 1.88. The molecule has 1 aromatic heterocycles. The maximum atomic E-state index is 4.60. The Kier molecular flexibility index (Phi) is 6.30. The van der Waals surface area contributed by atoms with Crippen molar-refractivity contribution in [1.29, 1.82) is 0 Å². The Morgan fingerprint density at radius 3 is 2.42 bits per heavy atom. The molecule has 0 aliphatic carbocycles. The monoisotopic (exact) mass is 259 g/mol. The van der Waals surface area contributed by atoms with Crippen LogP contribution in [0.15, 0.2) is 37.4 Å². The lowest BCUT2D eigenvalue weighted by Gasteiger charge is -2.22. The van der Waals surface area contributed by atoms with Gasteiger partial charge in [0.2, 0.25) is 0 Å². The number of pyridine rings is 1. The van der Waals surface area contributed by atoms with Crippen LogP contribution in [0, 0.1) is 6.92 Å². The summed E-state index contributed by atoms with van der Waals surface area (Å²) >= 11 is 0. The van der Waals surface area contributed by atoms with Gasteiger partial charge in [-0.15, -0.1) is 13.2 Å². The van der Waals surface area contributed by atoms with E-state index in [1.54, 1.807) is 0 Å². The summed E-state index contributed by atoms with van der Waals surface area (Å²) in [6, 6.07) is 4.74. The Labute approximate surface area is 117 Å². The third-order valence-corrected chi connectivity index (χ3v) is 2.74. The van der Waals surface area contributed by atoms with Gasteiger partial charge < -0.3 is 10.2 Å². The topological polar surface area (TPSA) is 28.2 Å². The summed E-state index contributed by atoms with van der Waals surface area (Å²) in [5.74, 6) is 0.986. The molecule has 0 aromatic carbocycles. The van der Waals surface area contributed by atoms with Crippen LogP contribution in [-0.2, 0) is 6.54 Å². The molecule has 0 aliphatic heterocycles. The number of hydrogen-bond donors (Lipinski definition) is 1. The van der Waals surface area contributed by atoms with Crippen molar-refractivity contribution in [2.24, 2.45) is 0 Å². The van der Waals surface area contributed by atoms with Gasteiger partial charge in [0.25, 0.3) is 0 Å². The standard InChI is InChI=1S/C16H25N3/c1-6-8-19(9-7-2)16-11-15(10-14(5)18-16)12-17-13(3)4/h6-7,10-11,13,17H,1-2,8-9,12H2,3-5H3. The third kappa shape index (κ3) is 5.26. The van der Waals surface area contributed by atoms with E-state index in [1.807, 2.05) is 19.1 Å². The highest BCUT2D eigenvalue weighted by Gasteiger charge is 2.07. The first kappa shape index (κ1) is 15.4. The number of hydrogen-bond acceptors (Lipinski definition) is 3. The van der Waals surface area contributed by atoms with E-state index < -0.39 is 0 Å². The first-order valence-electron chi connectivity index (χ1n) is 6.74. The predicted octanol–water partition coefficient (Wildman–Crippen LogP) is 3.07. The van der Waals surface area contributed by atoms with Crippen molar-refractivity contribution in [2.45, 2.75) is 33.4 Å². The fraction of sp³-hybridized carbons (Fsp3) is 0.438. The van der Waals surface area contributed by atoms with Gasteiger partial charge in [0.1, 0.15) is 5.82 Å². The van der Waals surface area contributed by atoms with E-state index in [9.17, 15) is 0 Å². The molecule has 104 valence electrons. The van der Waals surface area contributed by atoms with Crippen LogP contribution in [0.1, 0.15) is 25.1 Å². The minimum Gasteiger partial charge on any atom is -0.349 e. The van der Waals surface area contributed by atoms with Gasteiger partial charge in [0.15, 0.2) is 0 Å². The summed E-state index contributed by atoms with van der Waals surface area (Å²) in [6.45, 7) is 16.3. The minimum atomic E-state index is 0.481. The Hall–Kier alpha value is -1.61. The Balaban J connectivity index is 2.92. The summed E-state index contributed by atoms with van der Waals surface area (Å²) in [5.41, 5.74) is 2.30. The maximum Gasteiger partial charge on any atom is 0.129 e. The van der Waals surface area contributed by atoms with Gasteiger partial charge in [-0.25, -0.2) is 4.98 Å². The Bertz CT molecular complexity index is 414. The average Bonchev–Trinajstić information content (AvgIpc) is 2.35. The van der Waals surface area contributed by atoms with Crippen LogP contribution in [-0.4, -0.2) is 24.1 Å². The summed E-state index contributed by atoms with van der Waals surface area (Å²) < 4.78 is 0. The second-order valence-electron chi connectivity index (χ2n) is 4.99. The van der Waals surface area contributed by atoms with Gasteiger partial charge in [-0.1, -0.05) is 26.0 Å². The lowest BCUT2D eigenvalue weighted by atomic mass is 10.2. The van der Waals surface area contributed by atoms with Crippen molar-refractivity contribution in [3.05, 3.63) is 48.7 Å². The Morgan fingerprint density at radius 1 is 1.26 bits per heavy atom. The molecule has 1 N–H and O–H groups in total. The highest BCUT2D eigenvalue weighted by Crippen LogP contribution is 2.15. The maximum absolute atomic E-state index is 4.60. The van der Waals surface area contributed by atoms with E-state index in [0.29, 0.717) is 6.04 Å². The Morgan fingerprint density at radius 2 is 1.89 bits per heavy atom. The summed E-state index contributed by atoms with van der Waals surface area (Å²) in [5, 5.41) is 3.43. The SMILES string of the molecule is C=CCN(CC=C)c1cc(CNC(C)C)cc(C)n1. The normalized spacial score (nSPS) is 10.5. The molecule has 0 saturated carbocycles. The van der Waals surface area contributed by atoms with Gasteiger partial charge in [-0.3, -0.25) is 0 Å². The van der Waals surface area contributed by atoms with E-state index in [2.05, 4.69) is 54.3 Å². The number of aromatic nitrogens is 1. The highest BCUT2D eigenvalue weighted by atomic mass is 15.2. The molecule has 0 atom stereocenters. The van der Waals surface area contributed by atoms with Crippen molar-refractivity contribution >= 4 is 5.82 Å². The molecular formula is C16H25N3. The van der Waals surface area contributed by atoms with Crippen LogP contribution in [0.4, 0.5) is 5.82 Å². The number of aryl methyl sites for hydroxylation is 1. The van der Waals surface area contributed by atoms with Crippen LogP contribution in [0.5, 0.6) is 0 Å². The first-order chi connectivity index (χ1) is 9.06. The van der Waals surface area contributed by atoms with Gasteiger partial charge in [0.05, 0.1) is 0 Å². The second-order valence-corrected chi connectivity index (χ2v) is 4.99. The van der Waals surface area contributed by atoms with E-state index in [0.717, 1.165) is 31.1 Å². The van der Waals surface area contributed by atoms with Gasteiger partial charge >= 0.3 is 0 Å². The third-order valence-electron chi connectivity index (χ3n) is 2.74. The van der Waals surface area contributed by atoms with E-state index in [-0.39, 0.29) is 0 Å². The smallest absolute Gasteiger partial charge is 0.129 e. The molecular weight excluding hydrogens is 234 g/mol. The fourth-order valence-corrected chi connectivity index (χ4v) is 1.88. The highest BCUT2D eigenvalue weighted by molar-refractivity contribution is 5.44. The number of rotatable bonds is 8. The summed E-state index contributed by atoms with van der Waals surface area (Å²) in [7, 11) is 0. The lowest BCUT2D eigenvalue weighted by Crippen LogP contribution is -2.25. The molecule has 0 amide bonds. The first-order valence-corrected chi connectivity index (χ1v) is 6.74. The second kappa shape index (κ2) is 7.74. The zero-order valence-corrected chi connectivity index (χ0v) is 12.3. The van der Waals surface area contributed by atoms with Gasteiger partial charge in [0, 0.05) is 31.4 Å². The molecule has 19 heavy (non-hydrogen) atoms. The number of anilines is 1. The van der Waals surface area contributed by atoms with Gasteiger partial charge in [-0.2, -0.15) is 0 Å². The molecule has 0 aliphatic rings. The minimum absolute atomic E-state index is 0.481. The van der Waals surface area contributed by atoms with Crippen molar-refractivity contribution < 1.29 is 0 Å². The predicted molar refractivity (Wildman–Crippen MR) is 83.6 cm³/mol. The van der Waals surface area contributed by atoms with E-state index >= 15 is 0 Å². The molecule has 0 radical (unpaired) electrons. The molecule has 0 saturated heterocycles. The molecule has 1 aromatic rings. The van der Waals surface area contributed by atoms with E-state index in [4.69, 9.17) is 0 Å². The van der Waals surface area contributed by atoms with Crippen molar-refractivity contribution in [3.8, 4) is 0 Å². The molecule has 0 unspecified atom stereocenters. The molecule has 3 nitrogen and oxygen atoms in total. The zero-order chi connectivity index (χ0) is 14.3. The molecule has 0 fully saturated rings. The number of nitrogens with zero attached hydrogens (tertiary/aromatic N) is 2.